The number of carbonyl (C=O) groups is 2. The number of nitrogens with one attached hydrogen (secondary N) is 1. The number of fused-ring (bicyclic) bond motifs is 1. The second-order valence-corrected chi connectivity index (χ2v) is 8.38. The third-order valence-electron chi connectivity index (χ3n) is 5.10. The predicted molar refractivity (Wildman–Crippen MR) is 121 cm³/mol. The van der Waals surface area contributed by atoms with Gasteiger partial charge in [0.05, 0.1) is 29.3 Å². The molecule has 0 saturated carbocycles. The number of nitrogens with zero attached hydrogens (tertiary/aromatic N) is 2. The number of hydrogen-bond acceptors (Lipinski definition) is 6. The van der Waals surface area contributed by atoms with Crippen LogP contribution in [0.2, 0.25) is 0 Å². The zero-order chi connectivity index (χ0) is 21.8. The largest absolute Gasteiger partial charge is 0.376 e. The Kier molecular flexibility index (Phi) is 6.48. The number of thioether (sulfide) groups is 1. The van der Waals surface area contributed by atoms with Crippen molar-refractivity contribution in [2.75, 3.05) is 17.7 Å². The van der Waals surface area contributed by atoms with Crippen molar-refractivity contribution < 1.29 is 14.3 Å². The van der Waals surface area contributed by atoms with Gasteiger partial charge in [-0.3, -0.25) is 19.0 Å². The Morgan fingerprint density at radius 3 is 2.68 bits per heavy atom. The van der Waals surface area contributed by atoms with Gasteiger partial charge in [-0.25, -0.2) is 4.98 Å². The number of benzene rings is 2. The van der Waals surface area contributed by atoms with Crippen molar-refractivity contribution in [3.05, 3.63) is 64.4 Å². The van der Waals surface area contributed by atoms with Crippen LogP contribution in [0.5, 0.6) is 0 Å². The van der Waals surface area contributed by atoms with Crippen molar-refractivity contribution >= 4 is 40.0 Å². The van der Waals surface area contributed by atoms with E-state index < -0.39 is 0 Å². The predicted octanol–water partition coefficient (Wildman–Crippen LogP) is 3.51. The van der Waals surface area contributed by atoms with Gasteiger partial charge in [0.1, 0.15) is 0 Å². The minimum Gasteiger partial charge on any atom is -0.376 e. The number of Topliss-reactive ketones (excluding diaryl/α,β-unsaturated/α-hetero) is 1. The van der Waals surface area contributed by atoms with Crippen LogP contribution in [0.4, 0.5) is 5.69 Å². The number of aromatic nitrogens is 2. The normalized spacial score (nSPS) is 15.8. The van der Waals surface area contributed by atoms with Crippen LogP contribution in [-0.4, -0.2) is 39.7 Å². The maximum Gasteiger partial charge on any atom is 0.262 e. The molecule has 7 nitrogen and oxygen atoms in total. The summed E-state index contributed by atoms with van der Waals surface area (Å²) in [6, 6.07) is 14.0. The summed E-state index contributed by atoms with van der Waals surface area (Å²) in [7, 11) is 0. The number of rotatable bonds is 7. The lowest BCUT2D eigenvalue weighted by Crippen LogP contribution is -2.29. The summed E-state index contributed by atoms with van der Waals surface area (Å²) in [6.07, 6.45) is 1.87. The average molecular weight is 438 g/mol. The van der Waals surface area contributed by atoms with Crippen molar-refractivity contribution in [3.63, 3.8) is 0 Å². The molecule has 0 radical (unpaired) electrons. The molecule has 1 aliphatic heterocycles. The molecule has 2 heterocycles. The van der Waals surface area contributed by atoms with Gasteiger partial charge >= 0.3 is 0 Å². The summed E-state index contributed by atoms with van der Waals surface area (Å²) in [5.41, 5.74) is 1.68. The van der Waals surface area contributed by atoms with E-state index in [4.69, 9.17) is 4.74 Å². The monoisotopic (exact) mass is 437 g/mol. The van der Waals surface area contributed by atoms with Crippen LogP contribution < -0.4 is 10.9 Å². The van der Waals surface area contributed by atoms with Crippen LogP contribution in [0.15, 0.2) is 58.5 Å². The van der Waals surface area contributed by atoms with E-state index in [0.717, 1.165) is 12.8 Å². The topological polar surface area (TPSA) is 90.3 Å². The zero-order valence-corrected chi connectivity index (χ0v) is 18.0. The molecule has 0 aliphatic carbocycles. The van der Waals surface area contributed by atoms with Crippen LogP contribution in [0.3, 0.4) is 0 Å². The van der Waals surface area contributed by atoms with E-state index in [2.05, 4.69) is 10.3 Å². The van der Waals surface area contributed by atoms with E-state index in [1.54, 1.807) is 41.0 Å². The summed E-state index contributed by atoms with van der Waals surface area (Å²) in [5.74, 6) is -0.0952. The number of carbonyl (C=O) groups excluding carboxylic acids is 2. The molecule has 1 amide bonds. The van der Waals surface area contributed by atoms with Crippen LogP contribution in [0, 0.1) is 0 Å². The number of ether oxygens (including phenoxy) is 1. The quantitative estimate of drug-likeness (QED) is 0.346. The molecule has 1 fully saturated rings. The van der Waals surface area contributed by atoms with Crippen molar-refractivity contribution in [2.24, 2.45) is 0 Å². The lowest BCUT2D eigenvalue weighted by atomic mass is 10.1. The molecule has 0 unspecified atom stereocenters. The molecule has 160 valence electrons. The molecule has 3 aromatic rings. The van der Waals surface area contributed by atoms with Crippen molar-refractivity contribution in [3.8, 4) is 0 Å². The SMILES string of the molecule is CC(=O)Nc1ccc(C(=O)CSc2nc3ccccc3c(=O)n2C[C@H]2CCCO2)cc1. The summed E-state index contributed by atoms with van der Waals surface area (Å²) in [6.45, 7) is 2.57. The molecule has 31 heavy (non-hydrogen) atoms. The molecule has 1 saturated heterocycles. The van der Waals surface area contributed by atoms with Crippen LogP contribution in [-0.2, 0) is 16.1 Å². The molecule has 4 rings (SSSR count). The molecular formula is C23H23N3O4S. The molecule has 1 atom stereocenters. The standard InChI is InChI=1S/C23H23N3O4S/c1-15(27)24-17-10-8-16(9-11-17)21(28)14-31-23-25-20-7-3-2-6-19(20)22(29)26(23)13-18-5-4-12-30-18/h2-3,6-11,18H,4-5,12-14H2,1H3,(H,24,27)/t18-/m1/s1. The third-order valence-corrected chi connectivity index (χ3v) is 6.07. The van der Waals surface area contributed by atoms with Crippen LogP contribution in [0.1, 0.15) is 30.1 Å². The lowest BCUT2D eigenvalue weighted by Gasteiger charge is -2.16. The maximum absolute atomic E-state index is 13.1. The van der Waals surface area contributed by atoms with Gasteiger partial charge in [-0.15, -0.1) is 0 Å². The molecule has 1 N–H and O–H groups in total. The fourth-order valence-corrected chi connectivity index (χ4v) is 4.47. The Balaban J connectivity index is 1.56. The Bertz CT molecular complexity index is 1170. The number of amides is 1. The van der Waals surface area contributed by atoms with Gasteiger partial charge in [0.15, 0.2) is 10.9 Å². The van der Waals surface area contributed by atoms with Gasteiger partial charge in [-0.05, 0) is 49.2 Å². The fraction of sp³-hybridized carbons (Fsp3) is 0.304. The van der Waals surface area contributed by atoms with Crippen molar-refractivity contribution in [1.82, 2.24) is 9.55 Å². The Labute approximate surface area is 183 Å². The Morgan fingerprint density at radius 1 is 1.19 bits per heavy atom. The van der Waals surface area contributed by atoms with Gasteiger partial charge in [0, 0.05) is 24.8 Å². The summed E-state index contributed by atoms with van der Waals surface area (Å²) in [4.78, 5) is 41.6. The smallest absolute Gasteiger partial charge is 0.262 e. The zero-order valence-electron chi connectivity index (χ0n) is 17.2. The Hall–Kier alpha value is -2.97. The maximum atomic E-state index is 13.1. The second-order valence-electron chi connectivity index (χ2n) is 7.43. The van der Waals surface area contributed by atoms with Crippen LogP contribution in [0.25, 0.3) is 10.9 Å². The third kappa shape index (κ3) is 5.03. The molecule has 1 aromatic heterocycles. The minimum atomic E-state index is -0.166. The fourth-order valence-electron chi connectivity index (χ4n) is 3.57. The van der Waals surface area contributed by atoms with E-state index in [9.17, 15) is 14.4 Å². The molecule has 2 aromatic carbocycles. The highest BCUT2D eigenvalue weighted by molar-refractivity contribution is 7.99. The summed E-state index contributed by atoms with van der Waals surface area (Å²) >= 11 is 1.25. The minimum absolute atomic E-state index is 0.0166. The first-order chi connectivity index (χ1) is 15.0. The molecule has 0 spiro atoms. The second kappa shape index (κ2) is 9.45. The number of anilines is 1. The van der Waals surface area contributed by atoms with E-state index in [-0.39, 0.29) is 29.1 Å². The highest BCUT2D eigenvalue weighted by Gasteiger charge is 2.21. The van der Waals surface area contributed by atoms with Gasteiger partial charge in [0.2, 0.25) is 5.91 Å². The average Bonchev–Trinajstić information content (AvgIpc) is 3.28. The highest BCUT2D eigenvalue weighted by atomic mass is 32.2. The lowest BCUT2D eigenvalue weighted by molar-refractivity contribution is -0.114. The first kappa shape index (κ1) is 21.3. The number of hydrogen-bond donors (Lipinski definition) is 1. The number of ketones is 1. The van der Waals surface area contributed by atoms with Crippen molar-refractivity contribution in [2.45, 2.75) is 37.6 Å². The molecular weight excluding hydrogens is 414 g/mol. The molecule has 0 bridgehead atoms. The van der Waals surface area contributed by atoms with E-state index in [0.29, 0.717) is 40.5 Å². The summed E-state index contributed by atoms with van der Waals surface area (Å²) < 4.78 is 7.35. The summed E-state index contributed by atoms with van der Waals surface area (Å²) in [5, 5.41) is 3.75. The Morgan fingerprint density at radius 2 is 1.97 bits per heavy atom. The van der Waals surface area contributed by atoms with E-state index >= 15 is 0 Å². The van der Waals surface area contributed by atoms with E-state index in [1.165, 1.54) is 18.7 Å². The molecule has 8 heteroatoms. The highest BCUT2D eigenvalue weighted by Crippen LogP contribution is 2.22. The van der Waals surface area contributed by atoms with Crippen LogP contribution >= 0.6 is 11.8 Å². The van der Waals surface area contributed by atoms with E-state index in [1.807, 2.05) is 12.1 Å². The van der Waals surface area contributed by atoms with Crippen molar-refractivity contribution in [1.29, 1.82) is 0 Å². The van der Waals surface area contributed by atoms with Gasteiger partial charge in [-0.1, -0.05) is 23.9 Å². The van der Waals surface area contributed by atoms with Gasteiger partial charge in [0.25, 0.3) is 5.56 Å². The first-order valence-electron chi connectivity index (χ1n) is 10.2. The molecule has 1 aliphatic rings. The van der Waals surface area contributed by atoms with Gasteiger partial charge in [-0.2, -0.15) is 0 Å². The first-order valence-corrected chi connectivity index (χ1v) is 11.1. The number of para-hydroxylation sites is 1. The van der Waals surface area contributed by atoms with Gasteiger partial charge < -0.3 is 10.1 Å².